The molecule has 3 aromatic rings. The van der Waals surface area contributed by atoms with E-state index < -0.39 is 23.0 Å². The number of nitrogens with one attached hydrogen (secondary N) is 1. The van der Waals surface area contributed by atoms with Gasteiger partial charge in [-0.2, -0.15) is 5.10 Å². The summed E-state index contributed by atoms with van der Waals surface area (Å²) in [5, 5.41) is 10.9. The number of nitrogens with zero attached hydrogens (tertiary/aromatic N) is 3. The van der Waals surface area contributed by atoms with Gasteiger partial charge in [0.25, 0.3) is 0 Å². The molecular formula is C17H14ClF3N4. The lowest BCUT2D eigenvalue weighted by Crippen LogP contribution is -2.16. The minimum atomic E-state index is -1.07. The quantitative estimate of drug-likeness (QED) is 0.662. The molecule has 0 saturated heterocycles. The standard InChI is InChI=1S/C17H14ClF3N4/c1-3-8(2)23-16-14(13-10(20)6-9(19)7-11(13)21)17(18)24-12-4-5-22-25-15(12)16/h4-8H,3H2,1-2H3,(H,23,24). The summed E-state index contributed by atoms with van der Waals surface area (Å²) in [6.45, 7) is 3.85. The molecule has 0 bridgehead atoms. The number of hydrogen-bond donors (Lipinski definition) is 1. The number of anilines is 1. The van der Waals surface area contributed by atoms with E-state index in [0.29, 0.717) is 28.9 Å². The highest BCUT2D eigenvalue weighted by Gasteiger charge is 2.24. The largest absolute Gasteiger partial charge is 0.380 e. The van der Waals surface area contributed by atoms with Gasteiger partial charge in [0.2, 0.25) is 0 Å². The van der Waals surface area contributed by atoms with Gasteiger partial charge in [-0.25, -0.2) is 18.2 Å². The zero-order chi connectivity index (χ0) is 18.1. The van der Waals surface area contributed by atoms with Crippen molar-refractivity contribution in [2.75, 3.05) is 5.32 Å². The number of fused-ring (bicyclic) bond motifs is 1. The molecule has 3 rings (SSSR count). The van der Waals surface area contributed by atoms with Crippen LogP contribution in [0.4, 0.5) is 18.9 Å². The summed E-state index contributed by atoms with van der Waals surface area (Å²) in [6, 6.07) is 2.76. The Hall–Kier alpha value is -2.41. The van der Waals surface area contributed by atoms with Gasteiger partial charge in [-0.3, -0.25) is 0 Å². The molecule has 1 aromatic carbocycles. The van der Waals surface area contributed by atoms with Crippen LogP contribution < -0.4 is 5.32 Å². The van der Waals surface area contributed by atoms with E-state index >= 15 is 0 Å². The number of rotatable bonds is 4. The van der Waals surface area contributed by atoms with Crippen LogP contribution in [-0.4, -0.2) is 21.2 Å². The Kier molecular flexibility index (Phi) is 4.76. The summed E-state index contributed by atoms with van der Waals surface area (Å²) < 4.78 is 42.0. The molecule has 25 heavy (non-hydrogen) atoms. The van der Waals surface area contributed by atoms with Gasteiger partial charge in [-0.05, 0) is 19.4 Å². The molecule has 2 heterocycles. The van der Waals surface area contributed by atoms with Gasteiger partial charge in [-0.1, -0.05) is 18.5 Å². The molecule has 0 spiro atoms. The van der Waals surface area contributed by atoms with E-state index in [9.17, 15) is 13.2 Å². The van der Waals surface area contributed by atoms with Crippen molar-refractivity contribution in [2.45, 2.75) is 26.3 Å². The van der Waals surface area contributed by atoms with E-state index in [-0.39, 0.29) is 16.8 Å². The Morgan fingerprint density at radius 3 is 2.48 bits per heavy atom. The lowest BCUT2D eigenvalue weighted by molar-refractivity contribution is 0.548. The highest BCUT2D eigenvalue weighted by molar-refractivity contribution is 6.33. The fraction of sp³-hybridized carbons (Fsp3) is 0.235. The minimum Gasteiger partial charge on any atom is -0.380 e. The maximum Gasteiger partial charge on any atom is 0.140 e. The minimum absolute atomic E-state index is 0.00929. The predicted octanol–water partition coefficient (Wildman–Crippen LogP) is 4.97. The molecule has 0 amide bonds. The third-order valence-electron chi connectivity index (χ3n) is 3.87. The molecule has 0 aliphatic heterocycles. The van der Waals surface area contributed by atoms with Crippen molar-refractivity contribution >= 4 is 28.3 Å². The van der Waals surface area contributed by atoms with Gasteiger partial charge >= 0.3 is 0 Å². The Bertz CT molecular complexity index is 926. The van der Waals surface area contributed by atoms with Gasteiger partial charge in [0, 0.05) is 18.2 Å². The van der Waals surface area contributed by atoms with Crippen LogP contribution in [0.3, 0.4) is 0 Å². The summed E-state index contributed by atoms with van der Waals surface area (Å²) >= 11 is 6.23. The molecule has 0 saturated carbocycles. The normalized spacial score (nSPS) is 12.4. The van der Waals surface area contributed by atoms with Crippen LogP contribution >= 0.6 is 11.6 Å². The molecule has 0 aliphatic carbocycles. The van der Waals surface area contributed by atoms with Crippen LogP contribution in [0.25, 0.3) is 22.2 Å². The zero-order valence-electron chi connectivity index (χ0n) is 13.4. The monoisotopic (exact) mass is 366 g/mol. The third kappa shape index (κ3) is 3.24. The summed E-state index contributed by atoms with van der Waals surface area (Å²) in [7, 11) is 0. The smallest absolute Gasteiger partial charge is 0.140 e. The molecule has 130 valence electrons. The fourth-order valence-electron chi connectivity index (χ4n) is 2.47. The number of pyridine rings is 1. The van der Waals surface area contributed by atoms with Crippen LogP contribution in [0.1, 0.15) is 20.3 Å². The maximum absolute atomic E-state index is 14.3. The molecular weight excluding hydrogens is 353 g/mol. The highest BCUT2D eigenvalue weighted by atomic mass is 35.5. The number of benzene rings is 1. The molecule has 0 fully saturated rings. The Balaban J connectivity index is 2.38. The molecule has 0 radical (unpaired) electrons. The molecule has 2 aromatic heterocycles. The number of aromatic nitrogens is 3. The Morgan fingerprint density at radius 2 is 1.84 bits per heavy atom. The lowest BCUT2D eigenvalue weighted by Gasteiger charge is -2.19. The Morgan fingerprint density at radius 1 is 1.16 bits per heavy atom. The van der Waals surface area contributed by atoms with Crippen LogP contribution in [0, 0.1) is 17.5 Å². The van der Waals surface area contributed by atoms with E-state index in [2.05, 4.69) is 20.5 Å². The van der Waals surface area contributed by atoms with Crippen molar-refractivity contribution < 1.29 is 13.2 Å². The second-order valence-electron chi connectivity index (χ2n) is 5.62. The van der Waals surface area contributed by atoms with Crippen molar-refractivity contribution in [3.63, 3.8) is 0 Å². The predicted molar refractivity (Wildman–Crippen MR) is 91.0 cm³/mol. The summed E-state index contributed by atoms with van der Waals surface area (Å²) in [5.41, 5.74) is 0.590. The van der Waals surface area contributed by atoms with Crippen molar-refractivity contribution in [3.05, 3.63) is 47.0 Å². The van der Waals surface area contributed by atoms with Crippen LogP contribution in [0.5, 0.6) is 0 Å². The summed E-state index contributed by atoms with van der Waals surface area (Å²) in [4.78, 5) is 4.15. The van der Waals surface area contributed by atoms with Gasteiger partial charge in [0.05, 0.1) is 28.5 Å². The van der Waals surface area contributed by atoms with E-state index in [1.807, 2.05) is 13.8 Å². The van der Waals surface area contributed by atoms with Crippen LogP contribution in [0.2, 0.25) is 5.15 Å². The Labute approximate surface area is 147 Å². The summed E-state index contributed by atoms with van der Waals surface area (Å²) in [5.74, 6) is -3.16. The topological polar surface area (TPSA) is 50.7 Å². The van der Waals surface area contributed by atoms with Gasteiger partial charge in [0.1, 0.15) is 28.1 Å². The molecule has 1 unspecified atom stereocenters. The molecule has 4 nitrogen and oxygen atoms in total. The summed E-state index contributed by atoms with van der Waals surface area (Å²) in [6.07, 6.45) is 2.19. The first-order chi connectivity index (χ1) is 11.9. The van der Waals surface area contributed by atoms with Gasteiger partial charge in [0.15, 0.2) is 0 Å². The van der Waals surface area contributed by atoms with E-state index in [1.165, 1.54) is 6.20 Å². The second-order valence-corrected chi connectivity index (χ2v) is 5.97. The number of hydrogen-bond acceptors (Lipinski definition) is 4. The second kappa shape index (κ2) is 6.84. The average molecular weight is 367 g/mol. The van der Waals surface area contributed by atoms with Crippen LogP contribution in [-0.2, 0) is 0 Å². The van der Waals surface area contributed by atoms with Crippen molar-refractivity contribution in [2.24, 2.45) is 0 Å². The first-order valence-corrected chi connectivity index (χ1v) is 8.02. The zero-order valence-corrected chi connectivity index (χ0v) is 14.2. The SMILES string of the molecule is CCC(C)Nc1c(-c2c(F)cc(F)cc2F)c(Cl)nc2ccnnc12. The lowest BCUT2D eigenvalue weighted by atomic mass is 10.0. The first-order valence-electron chi connectivity index (χ1n) is 7.64. The highest BCUT2D eigenvalue weighted by Crippen LogP contribution is 2.41. The molecule has 0 aliphatic rings. The first kappa shape index (κ1) is 17.4. The average Bonchev–Trinajstić information content (AvgIpc) is 2.56. The van der Waals surface area contributed by atoms with Gasteiger partial charge < -0.3 is 5.32 Å². The van der Waals surface area contributed by atoms with E-state index in [0.717, 1.165) is 6.42 Å². The molecule has 1 N–H and O–H groups in total. The van der Waals surface area contributed by atoms with Crippen molar-refractivity contribution in [1.29, 1.82) is 0 Å². The molecule has 8 heteroatoms. The van der Waals surface area contributed by atoms with E-state index in [4.69, 9.17) is 11.6 Å². The molecule has 1 atom stereocenters. The van der Waals surface area contributed by atoms with E-state index in [1.54, 1.807) is 6.07 Å². The maximum atomic E-state index is 14.3. The number of halogens is 4. The third-order valence-corrected chi connectivity index (χ3v) is 4.14. The van der Waals surface area contributed by atoms with Crippen LogP contribution in [0.15, 0.2) is 24.4 Å². The van der Waals surface area contributed by atoms with Crippen molar-refractivity contribution in [1.82, 2.24) is 15.2 Å². The van der Waals surface area contributed by atoms with Crippen molar-refractivity contribution in [3.8, 4) is 11.1 Å². The van der Waals surface area contributed by atoms with Gasteiger partial charge in [-0.15, -0.1) is 5.10 Å². The fourth-order valence-corrected chi connectivity index (χ4v) is 2.75.